The minimum absolute atomic E-state index is 0. The Hall–Kier alpha value is -2.67. The number of aromatic amines is 1. The first-order chi connectivity index (χ1) is 11.1. The van der Waals surface area contributed by atoms with Crippen molar-refractivity contribution in [3.05, 3.63) is 36.5 Å². The monoisotopic (exact) mass is 315 g/mol. The van der Waals surface area contributed by atoms with Crippen LogP contribution in [0.5, 0.6) is 0 Å². The van der Waals surface area contributed by atoms with Crippen molar-refractivity contribution in [1.29, 1.82) is 0 Å². The number of fused-ring (bicyclic) bond motifs is 1. The fraction of sp³-hybridized carbons (Fsp3) is 0.312. The lowest BCUT2D eigenvalue weighted by atomic mass is 10.1. The Morgan fingerprint density at radius 2 is 2.30 bits per heavy atom. The van der Waals surface area contributed by atoms with Crippen LogP contribution in [-0.4, -0.2) is 57.6 Å². The Morgan fingerprint density at radius 1 is 1.48 bits per heavy atom. The topological polar surface area (TPSA) is 76.0 Å². The van der Waals surface area contributed by atoms with Crippen LogP contribution in [0.25, 0.3) is 22.3 Å². The number of H-pyrrole nitrogens is 1. The SMILES string of the molecule is COCCN(C)C(=O)c1cc(-c2ncnc3[nH]ccc23)cn1C.[HH]. The Morgan fingerprint density at radius 3 is 3.09 bits per heavy atom. The van der Waals surface area contributed by atoms with E-state index < -0.39 is 0 Å². The van der Waals surface area contributed by atoms with Crippen LogP contribution in [0.15, 0.2) is 30.9 Å². The van der Waals surface area contributed by atoms with E-state index in [2.05, 4.69) is 15.0 Å². The number of likely N-dealkylation sites (N-methyl/N-ethyl adjacent to an activating group) is 1. The molecule has 3 heterocycles. The second-order valence-corrected chi connectivity index (χ2v) is 5.41. The van der Waals surface area contributed by atoms with E-state index in [1.54, 1.807) is 19.1 Å². The molecule has 0 aliphatic carbocycles. The second kappa shape index (κ2) is 6.21. The van der Waals surface area contributed by atoms with E-state index in [9.17, 15) is 4.79 Å². The van der Waals surface area contributed by atoms with Crippen molar-refractivity contribution in [2.24, 2.45) is 7.05 Å². The first-order valence-electron chi connectivity index (χ1n) is 7.31. The van der Waals surface area contributed by atoms with E-state index in [1.165, 1.54) is 6.33 Å². The van der Waals surface area contributed by atoms with Crippen molar-refractivity contribution in [2.75, 3.05) is 27.3 Å². The van der Waals surface area contributed by atoms with Gasteiger partial charge in [0.05, 0.1) is 12.3 Å². The van der Waals surface area contributed by atoms with Gasteiger partial charge in [0, 0.05) is 52.5 Å². The van der Waals surface area contributed by atoms with Crippen molar-refractivity contribution in [1.82, 2.24) is 24.4 Å². The fourth-order valence-electron chi connectivity index (χ4n) is 2.53. The molecule has 3 aromatic rings. The molecule has 1 N–H and O–H groups in total. The molecule has 0 unspecified atom stereocenters. The lowest BCUT2D eigenvalue weighted by Gasteiger charge is -2.16. The third-order valence-electron chi connectivity index (χ3n) is 3.83. The number of hydrogen-bond acceptors (Lipinski definition) is 4. The molecule has 0 aliphatic heterocycles. The van der Waals surface area contributed by atoms with Gasteiger partial charge in [0.25, 0.3) is 5.91 Å². The van der Waals surface area contributed by atoms with E-state index in [0.717, 1.165) is 22.3 Å². The van der Waals surface area contributed by atoms with E-state index in [1.807, 2.05) is 36.1 Å². The summed E-state index contributed by atoms with van der Waals surface area (Å²) in [5.74, 6) is -0.0461. The molecule has 23 heavy (non-hydrogen) atoms. The van der Waals surface area contributed by atoms with Gasteiger partial charge in [0.15, 0.2) is 0 Å². The van der Waals surface area contributed by atoms with Crippen LogP contribution in [0.4, 0.5) is 0 Å². The van der Waals surface area contributed by atoms with E-state index in [-0.39, 0.29) is 7.33 Å². The molecule has 0 spiro atoms. The molecule has 0 radical (unpaired) electrons. The maximum absolute atomic E-state index is 12.5. The number of carbonyl (C=O) groups excluding carboxylic acids is 1. The van der Waals surface area contributed by atoms with Gasteiger partial charge in [0.2, 0.25) is 0 Å². The van der Waals surface area contributed by atoms with Crippen molar-refractivity contribution in [3.8, 4) is 11.3 Å². The lowest BCUT2D eigenvalue weighted by molar-refractivity contribution is 0.0735. The molecular formula is C16H21N5O2. The summed E-state index contributed by atoms with van der Waals surface area (Å²) in [5, 5.41) is 0.935. The highest BCUT2D eigenvalue weighted by molar-refractivity contribution is 5.96. The number of hydrogen-bond donors (Lipinski definition) is 1. The number of nitrogens with zero attached hydrogens (tertiary/aromatic N) is 4. The Kier molecular flexibility index (Phi) is 4.12. The number of aromatic nitrogens is 4. The number of rotatable bonds is 5. The third kappa shape index (κ3) is 2.83. The Labute approximate surface area is 135 Å². The van der Waals surface area contributed by atoms with Gasteiger partial charge in [-0.05, 0) is 12.1 Å². The van der Waals surface area contributed by atoms with Crippen LogP contribution in [0.3, 0.4) is 0 Å². The predicted octanol–water partition coefficient (Wildman–Crippen LogP) is 1.93. The van der Waals surface area contributed by atoms with Gasteiger partial charge in [-0.15, -0.1) is 0 Å². The first-order valence-corrected chi connectivity index (χ1v) is 7.31. The third-order valence-corrected chi connectivity index (χ3v) is 3.83. The van der Waals surface area contributed by atoms with E-state index in [0.29, 0.717) is 18.8 Å². The number of carbonyl (C=O) groups is 1. The molecule has 1 amide bonds. The van der Waals surface area contributed by atoms with Crippen LogP contribution in [0.1, 0.15) is 11.9 Å². The van der Waals surface area contributed by atoms with Crippen molar-refractivity contribution >= 4 is 16.9 Å². The average molecular weight is 315 g/mol. The number of methoxy groups -OCH3 is 1. The highest BCUT2D eigenvalue weighted by Gasteiger charge is 2.18. The summed E-state index contributed by atoms with van der Waals surface area (Å²) in [4.78, 5) is 25.8. The maximum Gasteiger partial charge on any atom is 0.270 e. The standard InChI is InChI=1S/C16H19N5O2.H2/c1-20(6-7-23-3)16(22)13-8-11(9-21(13)2)14-12-4-5-17-15(12)19-10-18-14;/h4-5,8-10H,6-7H2,1-3H3,(H,17,18,19);1H. The molecule has 7 nitrogen and oxygen atoms in total. The molecule has 0 saturated carbocycles. The van der Waals surface area contributed by atoms with Gasteiger partial charge in [-0.1, -0.05) is 0 Å². The highest BCUT2D eigenvalue weighted by Crippen LogP contribution is 2.26. The molecule has 0 atom stereocenters. The highest BCUT2D eigenvalue weighted by atomic mass is 16.5. The van der Waals surface area contributed by atoms with Crippen LogP contribution in [0, 0.1) is 0 Å². The molecule has 0 aliphatic rings. The number of ether oxygens (including phenoxy) is 1. The number of amides is 1. The first kappa shape index (κ1) is 15.2. The van der Waals surface area contributed by atoms with E-state index in [4.69, 9.17) is 4.74 Å². The molecule has 3 rings (SSSR count). The van der Waals surface area contributed by atoms with Crippen LogP contribution >= 0.6 is 0 Å². The van der Waals surface area contributed by atoms with E-state index >= 15 is 0 Å². The summed E-state index contributed by atoms with van der Waals surface area (Å²) in [6, 6.07) is 3.80. The van der Waals surface area contributed by atoms with Crippen LogP contribution < -0.4 is 0 Å². The van der Waals surface area contributed by atoms with Gasteiger partial charge in [-0.25, -0.2) is 9.97 Å². The number of nitrogens with one attached hydrogen (secondary N) is 1. The van der Waals surface area contributed by atoms with Crippen LogP contribution in [0.2, 0.25) is 0 Å². The summed E-state index contributed by atoms with van der Waals surface area (Å²) in [5.41, 5.74) is 3.10. The molecule has 122 valence electrons. The smallest absolute Gasteiger partial charge is 0.270 e. The maximum atomic E-state index is 12.5. The van der Waals surface area contributed by atoms with Crippen molar-refractivity contribution in [3.63, 3.8) is 0 Å². The van der Waals surface area contributed by atoms with Gasteiger partial charge in [-0.3, -0.25) is 4.79 Å². The predicted molar refractivity (Wildman–Crippen MR) is 89.2 cm³/mol. The minimum atomic E-state index is -0.0461. The molecular weight excluding hydrogens is 294 g/mol. The Balaban J connectivity index is 0.00000208. The normalized spacial score (nSPS) is 11.1. The second-order valence-electron chi connectivity index (χ2n) is 5.41. The summed E-state index contributed by atoms with van der Waals surface area (Å²) >= 11 is 0. The number of aryl methyl sites for hydroxylation is 1. The van der Waals surface area contributed by atoms with Crippen molar-refractivity contribution < 1.29 is 11.0 Å². The lowest BCUT2D eigenvalue weighted by Crippen LogP contribution is -2.31. The molecule has 0 aromatic carbocycles. The summed E-state index contributed by atoms with van der Waals surface area (Å²) in [6.07, 6.45) is 5.26. The fourth-order valence-corrected chi connectivity index (χ4v) is 2.53. The average Bonchev–Trinajstić information content (AvgIpc) is 3.17. The zero-order valence-electron chi connectivity index (χ0n) is 13.4. The van der Waals surface area contributed by atoms with Crippen molar-refractivity contribution in [2.45, 2.75) is 0 Å². The van der Waals surface area contributed by atoms with Crippen LogP contribution in [-0.2, 0) is 11.8 Å². The van der Waals surface area contributed by atoms with Gasteiger partial charge >= 0.3 is 0 Å². The quantitative estimate of drug-likeness (QED) is 0.780. The molecule has 0 saturated heterocycles. The summed E-state index contributed by atoms with van der Waals surface area (Å²) < 4.78 is 6.84. The van der Waals surface area contributed by atoms with Gasteiger partial charge < -0.3 is 19.2 Å². The zero-order chi connectivity index (χ0) is 16.4. The van der Waals surface area contributed by atoms with Gasteiger partial charge in [0.1, 0.15) is 17.7 Å². The Bertz CT molecular complexity index is 842. The minimum Gasteiger partial charge on any atom is -0.383 e. The molecule has 0 fully saturated rings. The molecule has 0 bridgehead atoms. The molecule has 7 heteroatoms. The van der Waals surface area contributed by atoms with Gasteiger partial charge in [-0.2, -0.15) is 0 Å². The molecule has 3 aromatic heterocycles. The summed E-state index contributed by atoms with van der Waals surface area (Å²) in [6.45, 7) is 1.06. The summed E-state index contributed by atoms with van der Waals surface area (Å²) in [7, 11) is 5.25. The largest absolute Gasteiger partial charge is 0.383 e. The zero-order valence-corrected chi connectivity index (χ0v) is 13.4.